The van der Waals surface area contributed by atoms with Crippen LogP contribution < -0.4 is 10.2 Å². The molecule has 5 nitrogen and oxygen atoms in total. The van der Waals surface area contributed by atoms with E-state index in [0.29, 0.717) is 12.0 Å². The molecule has 1 aliphatic heterocycles. The minimum atomic E-state index is -0.0957. The van der Waals surface area contributed by atoms with Crippen molar-refractivity contribution in [2.24, 2.45) is 0 Å². The molecular formula is C24H24N2O3. The van der Waals surface area contributed by atoms with E-state index in [9.17, 15) is 9.59 Å². The Labute approximate surface area is 170 Å². The van der Waals surface area contributed by atoms with Crippen LogP contribution in [0.2, 0.25) is 0 Å². The summed E-state index contributed by atoms with van der Waals surface area (Å²) >= 11 is 0. The number of carbonyl (C=O) groups excluding carboxylic acids is 2. The molecule has 2 heterocycles. The molecule has 148 valence electrons. The zero-order valence-corrected chi connectivity index (χ0v) is 16.6. The highest BCUT2D eigenvalue weighted by atomic mass is 16.3. The van der Waals surface area contributed by atoms with Gasteiger partial charge in [0.2, 0.25) is 5.91 Å². The van der Waals surface area contributed by atoms with E-state index in [1.54, 1.807) is 13.2 Å². The molecule has 0 unspecified atom stereocenters. The lowest BCUT2D eigenvalue weighted by molar-refractivity contribution is -0.116. The second-order valence-corrected chi connectivity index (χ2v) is 7.50. The standard InChI is InChI=1S/C24H24N2O3/c1-16(14-22-4-3-13-29-22)25-24(28)19-7-5-18(6-8-19)20-9-10-23-21(15-20)11-12-26(23)17(2)27/h3-10,13,15-16H,11-12,14H2,1-2H3,(H,25,28)/t16-/m0/s1. The Morgan fingerprint density at radius 3 is 2.55 bits per heavy atom. The third kappa shape index (κ3) is 4.09. The van der Waals surface area contributed by atoms with Crippen molar-refractivity contribution in [3.8, 4) is 11.1 Å². The van der Waals surface area contributed by atoms with E-state index in [4.69, 9.17) is 4.42 Å². The Morgan fingerprint density at radius 1 is 1.10 bits per heavy atom. The Balaban J connectivity index is 1.44. The lowest BCUT2D eigenvalue weighted by Gasteiger charge is -2.15. The minimum Gasteiger partial charge on any atom is -0.469 e. The highest BCUT2D eigenvalue weighted by Crippen LogP contribution is 2.32. The predicted octanol–water partition coefficient (Wildman–Crippen LogP) is 4.22. The van der Waals surface area contributed by atoms with E-state index in [0.717, 1.165) is 35.5 Å². The van der Waals surface area contributed by atoms with Gasteiger partial charge in [0.05, 0.1) is 6.26 Å². The van der Waals surface area contributed by atoms with Crippen LogP contribution in [0.4, 0.5) is 5.69 Å². The molecule has 29 heavy (non-hydrogen) atoms. The largest absolute Gasteiger partial charge is 0.469 e. The molecule has 0 bridgehead atoms. The molecule has 1 aromatic heterocycles. The van der Waals surface area contributed by atoms with Gasteiger partial charge in [-0.1, -0.05) is 18.2 Å². The fourth-order valence-corrected chi connectivity index (χ4v) is 3.81. The summed E-state index contributed by atoms with van der Waals surface area (Å²) in [7, 11) is 0. The summed E-state index contributed by atoms with van der Waals surface area (Å²) in [6, 6.07) is 17.5. The van der Waals surface area contributed by atoms with Crippen molar-refractivity contribution in [1.82, 2.24) is 5.32 Å². The van der Waals surface area contributed by atoms with E-state index in [-0.39, 0.29) is 17.9 Å². The van der Waals surface area contributed by atoms with Gasteiger partial charge in [0, 0.05) is 37.2 Å². The number of hydrogen-bond acceptors (Lipinski definition) is 3. The maximum atomic E-state index is 12.5. The van der Waals surface area contributed by atoms with Crippen LogP contribution in [0.25, 0.3) is 11.1 Å². The average molecular weight is 388 g/mol. The fraction of sp³-hybridized carbons (Fsp3) is 0.250. The Kier molecular flexibility index (Phi) is 5.21. The Bertz CT molecular complexity index is 1020. The van der Waals surface area contributed by atoms with Crippen molar-refractivity contribution in [1.29, 1.82) is 0 Å². The van der Waals surface area contributed by atoms with Gasteiger partial charge >= 0.3 is 0 Å². The molecule has 1 aliphatic rings. The minimum absolute atomic E-state index is 0.0192. The second-order valence-electron chi connectivity index (χ2n) is 7.50. The molecule has 0 radical (unpaired) electrons. The van der Waals surface area contributed by atoms with Crippen molar-refractivity contribution in [3.63, 3.8) is 0 Å². The number of hydrogen-bond donors (Lipinski definition) is 1. The maximum absolute atomic E-state index is 12.5. The first-order chi connectivity index (χ1) is 14.0. The first-order valence-corrected chi connectivity index (χ1v) is 9.86. The number of anilines is 1. The van der Waals surface area contributed by atoms with Crippen molar-refractivity contribution in [3.05, 3.63) is 77.7 Å². The Hall–Kier alpha value is -3.34. The zero-order valence-electron chi connectivity index (χ0n) is 16.6. The molecule has 0 spiro atoms. The van der Waals surface area contributed by atoms with Gasteiger partial charge in [-0.2, -0.15) is 0 Å². The van der Waals surface area contributed by atoms with Crippen LogP contribution in [0.3, 0.4) is 0 Å². The average Bonchev–Trinajstić information content (AvgIpc) is 3.37. The van der Waals surface area contributed by atoms with Crippen molar-refractivity contribution in [2.75, 3.05) is 11.4 Å². The molecule has 0 saturated heterocycles. The van der Waals surface area contributed by atoms with Gasteiger partial charge in [0.25, 0.3) is 5.91 Å². The molecule has 5 heteroatoms. The number of rotatable bonds is 5. The van der Waals surface area contributed by atoms with E-state index in [1.165, 1.54) is 5.56 Å². The van der Waals surface area contributed by atoms with Gasteiger partial charge in [-0.25, -0.2) is 0 Å². The first kappa shape index (κ1) is 19.0. The molecule has 2 aromatic carbocycles. The summed E-state index contributed by atoms with van der Waals surface area (Å²) in [5.74, 6) is 0.836. The van der Waals surface area contributed by atoms with Gasteiger partial charge in [-0.15, -0.1) is 0 Å². The third-order valence-corrected chi connectivity index (χ3v) is 5.30. The summed E-state index contributed by atoms with van der Waals surface area (Å²) in [6.45, 7) is 4.30. The van der Waals surface area contributed by atoms with Crippen LogP contribution in [0.15, 0.2) is 65.3 Å². The topological polar surface area (TPSA) is 62.6 Å². The van der Waals surface area contributed by atoms with Crippen LogP contribution >= 0.6 is 0 Å². The Morgan fingerprint density at radius 2 is 1.86 bits per heavy atom. The summed E-state index contributed by atoms with van der Waals surface area (Å²) < 4.78 is 5.33. The van der Waals surface area contributed by atoms with Crippen molar-refractivity contribution < 1.29 is 14.0 Å². The number of amides is 2. The van der Waals surface area contributed by atoms with Crippen LogP contribution in [0.5, 0.6) is 0 Å². The fourth-order valence-electron chi connectivity index (χ4n) is 3.81. The van der Waals surface area contributed by atoms with Gasteiger partial charge in [-0.05, 0) is 66.4 Å². The number of carbonyl (C=O) groups is 2. The summed E-state index contributed by atoms with van der Waals surface area (Å²) in [5, 5.41) is 3.01. The van der Waals surface area contributed by atoms with Gasteiger partial charge in [-0.3, -0.25) is 9.59 Å². The smallest absolute Gasteiger partial charge is 0.251 e. The van der Waals surface area contributed by atoms with Crippen molar-refractivity contribution in [2.45, 2.75) is 32.7 Å². The highest BCUT2D eigenvalue weighted by Gasteiger charge is 2.22. The van der Waals surface area contributed by atoms with E-state index >= 15 is 0 Å². The first-order valence-electron chi connectivity index (χ1n) is 9.86. The van der Waals surface area contributed by atoms with Crippen LogP contribution in [-0.2, 0) is 17.6 Å². The van der Waals surface area contributed by atoms with Crippen LogP contribution in [0, 0.1) is 0 Å². The lowest BCUT2D eigenvalue weighted by atomic mass is 10.0. The number of nitrogens with zero attached hydrogens (tertiary/aromatic N) is 1. The quantitative estimate of drug-likeness (QED) is 0.712. The number of nitrogens with one attached hydrogen (secondary N) is 1. The summed E-state index contributed by atoms with van der Waals surface area (Å²) in [5.41, 5.74) is 4.96. The second kappa shape index (κ2) is 7.95. The van der Waals surface area contributed by atoms with Crippen LogP contribution in [0.1, 0.15) is 35.5 Å². The third-order valence-electron chi connectivity index (χ3n) is 5.30. The molecular weight excluding hydrogens is 364 g/mol. The number of furan rings is 1. The predicted molar refractivity (Wildman–Crippen MR) is 113 cm³/mol. The zero-order chi connectivity index (χ0) is 20.4. The van der Waals surface area contributed by atoms with Crippen molar-refractivity contribution >= 4 is 17.5 Å². The van der Waals surface area contributed by atoms with Gasteiger partial charge in [0.1, 0.15) is 5.76 Å². The molecule has 3 aromatic rings. The highest BCUT2D eigenvalue weighted by molar-refractivity contribution is 5.95. The van der Waals surface area contributed by atoms with E-state index < -0.39 is 0 Å². The molecule has 1 atom stereocenters. The molecule has 1 N–H and O–H groups in total. The monoisotopic (exact) mass is 388 g/mol. The van der Waals surface area contributed by atoms with E-state index in [1.807, 2.05) is 60.4 Å². The molecule has 0 fully saturated rings. The SMILES string of the molecule is CC(=O)N1CCc2cc(-c3ccc(C(=O)N[C@@H](C)Cc4ccco4)cc3)ccc21. The van der Waals surface area contributed by atoms with Crippen LogP contribution in [-0.4, -0.2) is 24.4 Å². The molecule has 0 saturated carbocycles. The van der Waals surface area contributed by atoms with Gasteiger partial charge in [0.15, 0.2) is 0 Å². The van der Waals surface area contributed by atoms with E-state index in [2.05, 4.69) is 11.4 Å². The normalized spacial score (nSPS) is 13.8. The number of fused-ring (bicyclic) bond motifs is 1. The molecule has 4 rings (SSSR count). The molecule has 2 amide bonds. The maximum Gasteiger partial charge on any atom is 0.251 e. The molecule has 0 aliphatic carbocycles. The summed E-state index contributed by atoms with van der Waals surface area (Å²) in [6.07, 6.45) is 3.17. The lowest BCUT2D eigenvalue weighted by Crippen LogP contribution is -2.33. The summed E-state index contributed by atoms with van der Waals surface area (Å²) in [4.78, 5) is 26.0. The van der Waals surface area contributed by atoms with Gasteiger partial charge < -0.3 is 14.6 Å². The number of benzene rings is 2.